The minimum atomic E-state index is -0.651. The lowest BCUT2D eigenvalue weighted by atomic mass is 9.87. The molecule has 0 heterocycles. The van der Waals surface area contributed by atoms with Gasteiger partial charge in [-0.25, -0.2) is 0 Å². The third-order valence-electron chi connectivity index (χ3n) is 3.41. The Hall–Kier alpha value is -1.86. The Morgan fingerprint density at radius 2 is 2.29 bits per heavy atom. The molecule has 0 amide bonds. The first kappa shape index (κ1) is 11.6. The summed E-state index contributed by atoms with van der Waals surface area (Å²) in [5.74, 6) is -0.398. The van der Waals surface area contributed by atoms with Crippen LogP contribution in [0.5, 0.6) is 0 Å². The average molecular weight is 230 g/mol. The Bertz CT molecular complexity index is 486. The summed E-state index contributed by atoms with van der Waals surface area (Å²) in [5, 5.41) is 8.87. The predicted octanol–water partition coefficient (Wildman–Crippen LogP) is 1.09. The lowest BCUT2D eigenvalue weighted by Crippen LogP contribution is -2.42. The van der Waals surface area contributed by atoms with Gasteiger partial charge in [-0.3, -0.25) is 4.79 Å². The van der Waals surface area contributed by atoms with Gasteiger partial charge in [-0.1, -0.05) is 12.1 Å². The molecule has 1 saturated carbocycles. The van der Waals surface area contributed by atoms with Gasteiger partial charge < -0.3 is 10.5 Å². The van der Waals surface area contributed by atoms with Crippen molar-refractivity contribution in [3.05, 3.63) is 35.4 Å². The predicted molar refractivity (Wildman–Crippen MR) is 62.1 cm³/mol. The highest BCUT2D eigenvalue weighted by molar-refractivity contribution is 5.79. The number of esters is 1. The topological polar surface area (TPSA) is 76.1 Å². The monoisotopic (exact) mass is 230 g/mol. The number of benzene rings is 1. The van der Waals surface area contributed by atoms with E-state index >= 15 is 0 Å². The van der Waals surface area contributed by atoms with Crippen molar-refractivity contribution in [1.82, 2.24) is 0 Å². The fourth-order valence-corrected chi connectivity index (χ4v) is 2.16. The molecule has 1 aliphatic rings. The molecule has 4 heteroatoms. The Kier molecular flexibility index (Phi) is 2.86. The van der Waals surface area contributed by atoms with Crippen molar-refractivity contribution >= 4 is 5.97 Å². The van der Waals surface area contributed by atoms with E-state index in [4.69, 9.17) is 11.0 Å². The van der Waals surface area contributed by atoms with Crippen LogP contribution in [-0.4, -0.2) is 19.1 Å². The molecule has 17 heavy (non-hydrogen) atoms. The standard InChI is InChI=1S/C13H14N2O2/c1-17-12(16)11(15)13(5-6-13)10-4-2-3-9(7-10)8-14/h2-4,7,11H,5-6,15H2,1H3. The van der Waals surface area contributed by atoms with Crippen molar-refractivity contribution in [2.45, 2.75) is 24.3 Å². The Morgan fingerprint density at radius 3 is 2.82 bits per heavy atom. The van der Waals surface area contributed by atoms with Gasteiger partial charge >= 0.3 is 5.97 Å². The number of hydrogen-bond donors (Lipinski definition) is 1. The molecule has 1 atom stereocenters. The molecule has 4 nitrogen and oxygen atoms in total. The van der Waals surface area contributed by atoms with Gasteiger partial charge in [-0.05, 0) is 30.5 Å². The summed E-state index contributed by atoms with van der Waals surface area (Å²) >= 11 is 0. The molecule has 88 valence electrons. The SMILES string of the molecule is COC(=O)C(N)C1(c2cccc(C#N)c2)CC1. The summed E-state index contributed by atoms with van der Waals surface area (Å²) in [4.78, 5) is 11.5. The van der Waals surface area contributed by atoms with Crippen LogP contribution < -0.4 is 5.73 Å². The zero-order valence-corrected chi connectivity index (χ0v) is 9.64. The third kappa shape index (κ3) is 1.90. The summed E-state index contributed by atoms with van der Waals surface area (Å²) in [6.07, 6.45) is 1.72. The number of nitrogens with zero attached hydrogens (tertiary/aromatic N) is 1. The van der Waals surface area contributed by atoms with Gasteiger partial charge in [0.2, 0.25) is 0 Å². The summed E-state index contributed by atoms with van der Waals surface area (Å²) in [5.41, 5.74) is 7.14. The quantitative estimate of drug-likeness (QED) is 0.788. The summed E-state index contributed by atoms with van der Waals surface area (Å²) in [6.45, 7) is 0. The molecule has 1 aromatic rings. The number of methoxy groups -OCH3 is 1. The van der Waals surface area contributed by atoms with Crippen molar-refractivity contribution in [2.75, 3.05) is 7.11 Å². The van der Waals surface area contributed by atoms with Crippen LogP contribution in [0.25, 0.3) is 0 Å². The number of carbonyl (C=O) groups excluding carboxylic acids is 1. The van der Waals surface area contributed by atoms with Gasteiger partial charge in [0.05, 0.1) is 18.7 Å². The number of ether oxygens (including phenoxy) is 1. The average Bonchev–Trinajstić information content (AvgIpc) is 3.18. The molecule has 0 aromatic heterocycles. The van der Waals surface area contributed by atoms with Gasteiger partial charge in [0.1, 0.15) is 6.04 Å². The van der Waals surface area contributed by atoms with Gasteiger partial charge in [0, 0.05) is 5.41 Å². The van der Waals surface area contributed by atoms with Gasteiger partial charge in [0.15, 0.2) is 0 Å². The van der Waals surface area contributed by atoms with E-state index in [0.29, 0.717) is 5.56 Å². The molecule has 1 aromatic carbocycles. The highest BCUT2D eigenvalue weighted by Crippen LogP contribution is 2.50. The first-order valence-corrected chi connectivity index (χ1v) is 5.48. The molecule has 1 fully saturated rings. The van der Waals surface area contributed by atoms with Crippen molar-refractivity contribution in [2.24, 2.45) is 5.73 Å². The maximum atomic E-state index is 11.5. The van der Waals surface area contributed by atoms with Crippen LogP contribution in [0.3, 0.4) is 0 Å². The highest BCUT2D eigenvalue weighted by Gasteiger charge is 2.52. The van der Waals surface area contributed by atoms with Crippen LogP contribution >= 0.6 is 0 Å². The Balaban J connectivity index is 2.33. The van der Waals surface area contributed by atoms with Crippen LogP contribution in [0.15, 0.2) is 24.3 Å². The number of hydrogen-bond acceptors (Lipinski definition) is 4. The Morgan fingerprint density at radius 1 is 1.59 bits per heavy atom. The maximum Gasteiger partial charge on any atom is 0.323 e. The number of carbonyl (C=O) groups is 1. The lowest BCUT2D eigenvalue weighted by molar-refractivity contribution is -0.143. The third-order valence-corrected chi connectivity index (χ3v) is 3.41. The van der Waals surface area contributed by atoms with Crippen LogP contribution in [-0.2, 0) is 14.9 Å². The minimum absolute atomic E-state index is 0.333. The number of nitriles is 1. The molecule has 1 unspecified atom stereocenters. The van der Waals surface area contributed by atoms with Crippen LogP contribution in [0, 0.1) is 11.3 Å². The normalized spacial score (nSPS) is 17.9. The smallest absolute Gasteiger partial charge is 0.323 e. The Labute approximate surface area is 100.0 Å². The second-order valence-corrected chi connectivity index (χ2v) is 4.35. The summed E-state index contributed by atoms with van der Waals surface area (Å²) in [6, 6.07) is 8.71. The van der Waals surface area contributed by atoms with Crippen molar-refractivity contribution in [3.8, 4) is 6.07 Å². The fourth-order valence-electron chi connectivity index (χ4n) is 2.16. The molecule has 0 saturated heterocycles. The number of nitrogens with two attached hydrogens (primary N) is 1. The van der Waals surface area contributed by atoms with Crippen molar-refractivity contribution < 1.29 is 9.53 Å². The summed E-state index contributed by atoms with van der Waals surface area (Å²) < 4.78 is 4.69. The molecular weight excluding hydrogens is 216 g/mol. The lowest BCUT2D eigenvalue weighted by Gasteiger charge is -2.21. The minimum Gasteiger partial charge on any atom is -0.468 e. The molecule has 0 aliphatic heterocycles. The second-order valence-electron chi connectivity index (χ2n) is 4.35. The van der Waals surface area contributed by atoms with Crippen molar-refractivity contribution in [3.63, 3.8) is 0 Å². The second kappa shape index (κ2) is 4.19. The van der Waals surface area contributed by atoms with E-state index in [-0.39, 0.29) is 5.41 Å². The largest absolute Gasteiger partial charge is 0.468 e. The first-order chi connectivity index (χ1) is 8.14. The molecule has 2 N–H and O–H groups in total. The first-order valence-electron chi connectivity index (χ1n) is 5.48. The molecule has 0 radical (unpaired) electrons. The summed E-state index contributed by atoms with van der Waals surface area (Å²) in [7, 11) is 1.34. The van der Waals surface area contributed by atoms with E-state index in [2.05, 4.69) is 10.8 Å². The zero-order valence-electron chi connectivity index (χ0n) is 9.64. The zero-order chi connectivity index (χ0) is 12.5. The van der Waals surface area contributed by atoms with Crippen molar-refractivity contribution in [1.29, 1.82) is 5.26 Å². The van der Waals surface area contributed by atoms with Gasteiger partial charge in [0.25, 0.3) is 0 Å². The van der Waals surface area contributed by atoms with Gasteiger partial charge in [-0.15, -0.1) is 0 Å². The molecule has 2 rings (SSSR count). The van der Waals surface area contributed by atoms with E-state index < -0.39 is 12.0 Å². The van der Waals surface area contributed by atoms with E-state index in [1.54, 1.807) is 12.1 Å². The van der Waals surface area contributed by atoms with E-state index in [9.17, 15) is 4.79 Å². The maximum absolute atomic E-state index is 11.5. The molecule has 0 spiro atoms. The highest BCUT2D eigenvalue weighted by atomic mass is 16.5. The van der Waals surface area contributed by atoms with E-state index in [1.165, 1.54) is 7.11 Å². The molecular formula is C13H14N2O2. The van der Waals surface area contributed by atoms with Crippen LogP contribution in [0.1, 0.15) is 24.0 Å². The van der Waals surface area contributed by atoms with E-state index in [1.807, 2.05) is 12.1 Å². The molecule has 1 aliphatic carbocycles. The molecule has 0 bridgehead atoms. The van der Waals surface area contributed by atoms with Crippen LogP contribution in [0.2, 0.25) is 0 Å². The van der Waals surface area contributed by atoms with E-state index in [0.717, 1.165) is 18.4 Å². The van der Waals surface area contributed by atoms with Crippen LogP contribution in [0.4, 0.5) is 0 Å². The van der Waals surface area contributed by atoms with Gasteiger partial charge in [-0.2, -0.15) is 5.26 Å². The fraction of sp³-hybridized carbons (Fsp3) is 0.385. The number of rotatable bonds is 3.